The summed E-state index contributed by atoms with van der Waals surface area (Å²) in [6.07, 6.45) is -1.02. The minimum atomic E-state index is -1.92. The molecular weight excluding hydrogens is 317 g/mol. The van der Waals surface area contributed by atoms with E-state index >= 15 is 0 Å². The van der Waals surface area contributed by atoms with Gasteiger partial charge in [-0.05, 0) is 36.6 Å². The van der Waals surface area contributed by atoms with Gasteiger partial charge >= 0.3 is 5.97 Å². The molecule has 1 aromatic carbocycles. The fraction of sp³-hybridized carbons (Fsp3) is 0.529. The number of hydrogen-bond donors (Lipinski definition) is 1. The van der Waals surface area contributed by atoms with Crippen molar-refractivity contribution < 1.29 is 28.6 Å². The van der Waals surface area contributed by atoms with Crippen molar-refractivity contribution in [1.82, 2.24) is 4.90 Å². The molecule has 0 radical (unpaired) electrons. The van der Waals surface area contributed by atoms with Crippen LogP contribution in [-0.4, -0.2) is 54.9 Å². The normalized spacial score (nSPS) is 24.0. The van der Waals surface area contributed by atoms with Gasteiger partial charge in [0.2, 0.25) is 12.1 Å². The fourth-order valence-electron chi connectivity index (χ4n) is 3.34. The van der Waals surface area contributed by atoms with Crippen molar-refractivity contribution in [3.05, 3.63) is 23.8 Å². The third kappa shape index (κ3) is 3.16. The Morgan fingerprint density at radius 1 is 1.46 bits per heavy atom. The molecule has 0 spiro atoms. The number of rotatable bonds is 4. The number of methoxy groups -OCH3 is 1. The van der Waals surface area contributed by atoms with Crippen LogP contribution in [0.2, 0.25) is 0 Å². The van der Waals surface area contributed by atoms with E-state index in [1.54, 1.807) is 18.1 Å². The molecule has 3 unspecified atom stereocenters. The highest BCUT2D eigenvalue weighted by Crippen LogP contribution is 2.32. The fourth-order valence-corrected chi connectivity index (χ4v) is 3.34. The van der Waals surface area contributed by atoms with E-state index in [1.165, 1.54) is 0 Å². The number of halogens is 1. The molecule has 2 aliphatic heterocycles. The van der Waals surface area contributed by atoms with Gasteiger partial charge in [-0.3, -0.25) is 4.79 Å². The zero-order chi connectivity index (χ0) is 17.3. The Labute approximate surface area is 139 Å². The number of carbonyl (C=O) groups excluding carboxylic acids is 1. The zero-order valence-electron chi connectivity index (χ0n) is 13.4. The van der Waals surface area contributed by atoms with Crippen molar-refractivity contribution in [3.8, 4) is 11.5 Å². The summed E-state index contributed by atoms with van der Waals surface area (Å²) in [6, 6.07) is 5.48. The van der Waals surface area contributed by atoms with Crippen molar-refractivity contribution in [2.45, 2.75) is 19.0 Å². The lowest BCUT2D eigenvalue weighted by Gasteiger charge is -2.28. The van der Waals surface area contributed by atoms with Gasteiger partial charge in [0.05, 0.1) is 13.0 Å². The summed E-state index contributed by atoms with van der Waals surface area (Å²) in [5.41, 5.74) is 0.906. The smallest absolute Gasteiger partial charge is 0.338 e. The highest BCUT2D eigenvalue weighted by Gasteiger charge is 2.38. The van der Waals surface area contributed by atoms with Crippen LogP contribution >= 0.6 is 0 Å². The van der Waals surface area contributed by atoms with Crippen molar-refractivity contribution in [3.63, 3.8) is 0 Å². The molecule has 3 rings (SSSR count). The van der Waals surface area contributed by atoms with Crippen molar-refractivity contribution in [2.75, 3.05) is 26.8 Å². The SMILES string of the molecule is COc1ccc2c(c1)CC(C(=O)N1CCC(C(F)C(=O)O)C1)CO2. The largest absolute Gasteiger partial charge is 0.497 e. The quantitative estimate of drug-likeness (QED) is 0.901. The van der Waals surface area contributed by atoms with Crippen LogP contribution in [-0.2, 0) is 16.0 Å². The van der Waals surface area contributed by atoms with E-state index in [0.29, 0.717) is 25.1 Å². The Balaban J connectivity index is 1.65. The van der Waals surface area contributed by atoms with Crippen LogP contribution in [0.3, 0.4) is 0 Å². The van der Waals surface area contributed by atoms with Crippen LogP contribution in [0.15, 0.2) is 18.2 Å². The summed E-state index contributed by atoms with van der Waals surface area (Å²) in [7, 11) is 1.58. The Kier molecular flexibility index (Phi) is 4.59. The first kappa shape index (κ1) is 16.5. The molecular formula is C17H20FNO5. The van der Waals surface area contributed by atoms with E-state index in [0.717, 1.165) is 11.3 Å². The lowest BCUT2D eigenvalue weighted by Crippen LogP contribution is -2.40. The van der Waals surface area contributed by atoms with E-state index in [2.05, 4.69) is 0 Å². The molecule has 2 heterocycles. The summed E-state index contributed by atoms with van der Waals surface area (Å²) >= 11 is 0. The highest BCUT2D eigenvalue weighted by molar-refractivity contribution is 5.80. The third-order valence-electron chi connectivity index (χ3n) is 4.71. The second-order valence-corrected chi connectivity index (χ2v) is 6.26. The van der Waals surface area contributed by atoms with Crippen molar-refractivity contribution >= 4 is 11.9 Å². The predicted octanol–water partition coefficient (Wildman–Crippen LogP) is 1.52. The van der Waals surface area contributed by atoms with Gasteiger partial charge in [-0.15, -0.1) is 0 Å². The standard InChI is InChI=1S/C17H20FNO5/c1-23-13-2-3-14-11(7-13)6-12(9-24-14)16(20)19-5-4-10(8-19)15(18)17(21)22/h2-3,7,10,12,15H,4-6,8-9H2,1H3,(H,21,22). The summed E-state index contributed by atoms with van der Waals surface area (Å²) in [5.74, 6) is -1.10. The van der Waals surface area contributed by atoms with Gasteiger partial charge in [0, 0.05) is 19.0 Å². The molecule has 0 saturated carbocycles. The van der Waals surface area contributed by atoms with Gasteiger partial charge in [-0.25, -0.2) is 9.18 Å². The summed E-state index contributed by atoms with van der Waals surface area (Å²) in [4.78, 5) is 25.0. The number of carboxylic acids is 1. The first-order valence-electron chi connectivity index (χ1n) is 7.95. The molecule has 6 nitrogen and oxygen atoms in total. The van der Waals surface area contributed by atoms with Crippen LogP contribution in [0, 0.1) is 11.8 Å². The maximum Gasteiger partial charge on any atom is 0.338 e. The van der Waals surface area contributed by atoms with E-state index in [1.807, 2.05) is 12.1 Å². The van der Waals surface area contributed by atoms with E-state index < -0.39 is 18.1 Å². The number of fused-ring (bicyclic) bond motifs is 1. The second kappa shape index (κ2) is 6.67. The lowest BCUT2D eigenvalue weighted by molar-refractivity contribution is -0.145. The zero-order valence-corrected chi connectivity index (χ0v) is 13.4. The summed E-state index contributed by atoms with van der Waals surface area (Å²) < 4.78 is 24.5. The van der Waals surface area contributed by atoms with Gasteiger partial charge < -0.3 is 19.5 Å². The van der Waals surface area contributed by atoms with Crippen LogP contribution in [0.25, 0.3) is 0 Å². The molecule has 1 fully saturated rings. The first-order chi connectivity index (χ1) is 11.5. The molecule has 2 aliphatic rings. The average molecular weight is 337 g/mol. The Morgan fingerprint density at radius 3 is 2.96 bits per heavy atom. The van der Waals surface area contributed by atoms with Crippen molar-refractivity contribution in [2.24, 2.45) is 11.8 Å². The number of likely N-dealkylation sites (tertiary alicyclic amines) is 1. The van der Waals surface area contributed by atoms with Gasteiger partial charge in [0.15, 0.2) is 0 Å². The molecule has 0 aromatic heterocycles. The molecule has 130 valence electrons. The number of aliphatic carboxylic acids is 1. The molecule has 7 heteroatoms. The summed E-state index contributed by atoms with van der Waals surface area (Å²) in [5, 5.41) is 8.76. The number of carbonyl (C=O) groups is 2. The van der Waals surface area contributed by atoms with Gasteiger partial charge in [-0.2, -0.15) is 0 Å². The third-order valence-corrected chi connectivity index (χ3v) is 4.71. The second-order valence-electron chi connectivity index (χ2n) is 6.26. The first-order valence-corrected chi connectivity index (χ1v) is 7.95. The molecule has 3 atom stereocenters. The van der Waals surface area contributed by atoms with Crippen LogP contribution in [0.4, 0.5) is 4.39 Å². The Hall–Kier alpha value is -2.31. The van der Waals surface area contributed by atoms with E-state index in [4.69, 9.17) is 14.6 Å². The molecule has 1 amide bonds. The number of ether oxygens (including phenoxy) is 2. The number of amides is 1. The predicted molar refractivity (Wildman–Crippen MR) is 82.9 cm³/mol. The summed E-state index contributed by atoms with van der Waals surface area (Å²) in [6.45, 7) is 0.809. The number of alkyl halides is 1. The maximum atomic E-state index is 13.6. The van der Waals surface area contributed by atoms with Crippen LogP contribution in [0.1, 0.15) is 12.0 Å². The average Bonchev–Trinajstić information content (AvgIpc) is 3.09. The van der Waals surface area contributed by atoms with Crippen molar-refractivity contribution in [1.29, 1.82) is 0 Å². The van der Waals surface area contributed by atoms with Gasteiger partial charge in [0.25, 0.3) is 0 Å². The lowest BCUT2D eigenvalue weighted by atomic mass is 9.95. The maximum absolute atomic E-state index is 13.6. The Morgan fingerprint density at radius 2 is 2.25 bits per heavy atom. The minimum Gasteiger partial charge on any atom is -0.497 e. The molecule has 1 N–H and O–H groups in total. The monoisotopic (exact) mass is 337 g/mol. The van der Waals surface area contributed by atoms with Gasteiger partial charge in [0.1, 0.15) is 18.1 Å². The number of nitrogens with zero attached hydrogens (tertiary/aromatic N) is 1. The van der Waals surface area contributed by atoms with Crippen LogP contribution < -0.4 is 9.47 Å². The van der Waals surface area contributed by atoms with E-state index in [9.17, 15) is 14.0 Å². The topological polar surface area (TPSA) is 76.1 Å². The van der Waals surface area contributed by atoms with E-state index in [-0.39, 0.29) is 25.0 Å². The number of hydrogen-bond acceptors (Lipinski definition) is 4. The molecule has 0 bridgehead atoms. The number of carboxylic acid groups (broad SMARTS) is 1. The molecule has 1 aromatic rings. The molecule has 24 heavy (non-hydrogen) atoms. The highest BCUT2D eigenvalue weighted by atomic mass is 19.1. The Bertz CT molecular complexity index is 650. The molecule has 1 saturated heterocycles. The minimum absolute atomic E-state index is 0.108. The number of benzene rings is 1. The molecule has 0 aliphatic carbocycles. The van der Waals surface area contributed by atoms with Crippen LogP contribution in [0.5, 0.6) is 11.5 Å². The van der Waals surface area contributed by atoms with Gasteiger partial charge in [-0.1, -0.05) is 0 Å².